The minimum Gasteiger partial charge on any atom is -0.454 e. The van der Waals surface area contributed by atoms with Crippen molar-refractivity contribution in [2.45, 2.75) is 31.8 Å². The fourth-order valence-electron chi connectivity index (χ4n) is 3.61. The number of carbonyl (C=O) groups is 1. The van der Waals surface area contributed by atoms with E-state index in [1.165, 1.54) is 18.1 Å². The summed E-state index contributed by atoms with van der Waals surface area (Å²) in [6.45, 7) is 4.56. The molecule has 1 aliphatic rings. The van der Waals surface area contributed by atoms with Crippen molar-refractivity contribution >= 4 is 34.7 Å². The number of anilines is 1. The van der Waals surface area contributed by atoms with Crippen LogP contribution in [0.2, 0.25) is 0 Å². The van der Waals surface area contributed by atoms with E-state index in [1.54, 1.807) is 12.5 Å². The van der Waals surface area contributed by atoms with Gasteiger partial charge in [-0.15, -0.1) is 0 Å². The molecule has 4 aromatic rings. The Morgan fingerprint density at radius 1 is 1.29 bits per heavy atom. The van der Waals surface area contributed by atoms with Gasteiger partial charge in [-0.05, 0) is 17.8 Å². The van der Waals surface area contributed by atoms with Gasteiger partial charge in [-0.3, -0.25) is 9.89 Å². The highest BCUT2D eigenvalue weighted by atomic mass is 32.2. The molecule has 4 N–H and O–H groups in total. The van der Waals surface area contributed by atoms with E-state index in [9.17, 15) is 4.79 Å². The van der Waals surface area contributed by atoms with Gasteiger partial charge in [-0.2, -0.15) is 5.10 Å². The number of rotatable bonds is 8. The van der Waals surface area contributed by atoms with Crippen LogP contribution in [0.15, 0.2) is 59.4 Å². The molecule has 1 aromatic carbocycles. The predicted molar refractivity (Wildman–Crippen MR) is 130 cm³/mol. The molecule has 180 valence electrons. The summed E-state index contributed by atoms with van der Waals surface area (Å²) in [5.41, 5.74) is 9.68. The van der Waals surface area contributed by atoms with Gasteiger partial charge in [0.15, 0.2) is 22.1 Å². The van der Waals surface area contributed by atoms with Crippen LogP contribution < -0.4 is 11.1 Å². The van der Waals surface area contributed by atoms with Crippen molar-refractivity contribution in [3.05, 3.63) is 59.8 Å². The van der Waals surface area contributed by atoms with Crippen molar-refractivity contribution in [1.82, 2.24) is 35.0 Å². The zero-order valence-corrected chi connectivity index (χ0v) is 20.0. The number of aromatic nitrogens is 6. The molecule has 0 saturated carbocycles. The Kier molecular flexibility index (Phi) is 6.27. The van der Waals surface area contributed by atoms with Crippen molar-refractivity contribution in [3.63, 3.8) is 0 Å². The molecule has 5 rings (SSSR count). The van der Waals surface area contributed by atoms with Gasteiger partial charge in [-0.25, -0.2) is 15.0 Å². The maximum atomic E-state index is 12.0. The first-order valence-electron chi connectivity index (χ1n) is 11.0. The number of hydrogen-bond donors (Lipinski definition) is 3. The molecule has 35 heavy (non-hydrogen) atoms. The number of carbonyl (C=O) groups excluding carboxylic acids is 1. The Morgan fingerprint density at radius 2 is 2.14 bits per heavy atom. The molecule has 1 atom stereocenters. The third-order valence-electron chi connectivity index (χ3n) is 5.38. The number of nitrogens with one attached hydrogen (secondary N) is 2. The number of fused-ring (bicyclic) bond motifs is 1. The first-order chi connectivity index (χ1) is 17.0. The maximum Gasteiger partial charge on any atom is 0.268 e. The van der Waals surface area contributed by atoms with E-state index in [4.69, 9.17) is 15.2 Å². The number of amides is 1. The predicted octanol–water partition coefficient (Wildman–Crippen LogP) is 3.21. The number of nitrogens with zero attached hydrogens (tertiary/aromatic N) is 5. The molecular formula is C23H24N8O3S. The van der Waals surface area contributed by atoms with Gasteiger partial charge in [-0.1, -0.05) is 38.1 Å². The molecule has 0 saturated heterocycles. The van der Waals surface area contributed by atoms with E-state index in [2.05, 4.69) is 30.5 Å². The highest BCUT2D eigenvalue weighted by Crippen LogP contribution is 2.40. The number of benzene rings is 1. The number of nitrogen functional groups attached to an aromatic ring is 1. The summed E-state index contributed by atoms with van der Waals surface area (Å²) in [4.78, 5) is 25.0. The second kappa shape index (κ2) is 9.66. The van der Waals surface area contributed by atoms with Crippen LogP contribution in [0.3, 0.4) is 0 Å². The Bertz CT molecular complexity index is 1380. The quantitative estimate of drug-likeness (QED) is 0.337. The molecule has 0 bridgehead atoms. The molecule has 1 amide bonds. The van der Waals surface area contributed by atoms with Crippen LogP contribution in [-0.2, 0) is 20.8 Å². The summed E-state index contributed by atoms with van der Waals surface area (Å²) in [5, 5.41) is 11.2. The minimum absolute atomic E-state index is 0.0218. The second-order valence-electron chi connectivity index (χ2n) is 8.09. The van der Waals surface area contributed by atoms with Crippen molar-refractivity contribution < 1.29 is 14.3 Å². The lowest BCUT2D eigenvalue weighted by Gasteiger charge is -2.15. The van der Waals surface area contributed by atoms with Crippen molar-refractivity contribution in [3.8, 4) is 11.3 Å². The highest BCUT2D eigenvalue weighted by molar-refractivity contribution is 8.02. The number of thioether (sulfide) groups is 1. The molecule has 0 radical (unpaired) electrons. The average molecular weight is 493 g/mol. The summed E-state index contributed by atoms with van der Waals surface area (Å²) >= 11 is 1.29. The summed E-state index contributed by atoms with van der Waals surface area (Å²) in [6, 6.07) is 9.67. The molecule has 11 nitrogen and oxygen atoms in total. The van der Waals surface area contributed by atoms with Gasteiger partial charge in [0.1, 0.15) is 12.6 Å². The van der Waals surface area contributed by atoms with Crippen LogP contribution in [0.1, 0.15) is 25.7 Å². The Balaban J connectivity index is 1.36. The molecule has 0 fully saturated rings. The van der Waals surface area contributed by atoms with Gasteiger partial charge in [0.25, 0.3) is 6.29 Å². The van der Waals surface area contributed by atoms with E-state index in [0.717, 1.165) is 16.8 Å². The Hall–Kier alpha value is -4.06. The SMILES string of the molecule is CC(C)C(=O)NCCn1c(SC2=COC(c3ccccc3-c3cc[nH]n3)O2)nc2c(N)ncnc21. The zero-order valence-electron chi connectivity index (χ0n) is 19.1. The van der Waals surface area contributed by atoms with Gasteiger partial charge in [0, 0.05) is 36.3 Å². The molecule has 4 heterocycles. The van der Waals surface area contributed by atoms with Crippen molar-refractivity contribution in [2.75, 3.05) is 12.3 Å². The van der Waals surface area contributed by atoms with Crippen molar-refractivity contribution in [2.24, 2.45) is 5.92 Å². The fourth-order valence-corrected chi connectivity index (χ4v) is 4.45. The van der Waals surface area contributed by atoms with E-state index in [1.807, 2.05) is 48.7 Å². The summed E-state index contributed by atoms with van der Waals surface area (Å²) in [7, 11) is 0. The van der Waals surface area contributed by atoms with E-state index < -0.39 is 6.29 Å². The standard InChI is InChI=1S/C23H24N8O3S/c1-13(2)21(32)25-9-10-31-20-18(19(24)26-12-27-20)29-23(31)35-17-11-33-22(34-17)15-6-4-3-5-14(15)16-7-8-28-30-16/h3-8,11-13,22H,9-10H2,1-2H3,(H,25,32)(H,28,30)(H2,24,26,27). The molecular weight excluding hydrogens is 468 g/mol. The van der Waals surface area contributed by atoms with E-state index in [0.29, 0.717) is 34.5 Å². The lowest BCUT2D eigenvalue weighted by molar-refractivity contribution is -0.124. The molecule has 1 aliphatic heterocycles. The van der Waals surface area contributed by atoms with Crippen LogP contribution in [0.5, 0.6) is 0 Å². The number of nitrogens with two attached hydrogens (primary N) is 1. The molecule has 0 aliphatic carbocycles. The molecule has 0 spiro atoms. The second-order valence-corrected chi connectivity index (χ2v) is 9.07. The van der Waals surface area contributed by atoms with Crippen LogP contribution in [0.25, 0.3) is 22.4 Å². The van der Waals surface area contributed by atoms with Gasteiger partial charge < -0.3 is 25.1 Å². The smallest absolute Gasteiger partial charge is 0.268 e. The van der Waals surface area contributed by atoms with Crippen molar-refractivity contribution in [1.29, 1.82) is 0 Å². The largest absolute Gasteiger partial charge is 0.454 e. The van der Waals surface area contributed by atoms with Gasteiger partial charge in [0.05, 0.1) is 5.69 Å². The van der Waals surface area contributed by atoms with E-state index in [-0.39, 0.29) is 17.6 Å². The monoisotopic (exact) mass is 492 g/mol. The number of hydrogen-bond acceptors (Lipinski definition) is 9. The lowest BCUT2D eigenvalue weighted by Crippen LogP contribution is -2.30. The normalized spacial score (nSPS) is 15.2. The number of aromatic amines is 1. The first kappa shape index (κ1) is 22.7. The summed E-state index contributed by atoms with van der Waals surface area (Å²) < 4.78 is 13.9. The van der Waals surface area contributed by atoms with Crippen LogP contribution >= 0.6 is 11.8 Å². The summed E-state index contributed by atoms with van der Waals surface area (Å²) in [5.74, 6) is 0.161. The Labute approximate surface area is 205 Å². The zero-order chi connectivity index (χ0) is 24.4. The highest BCUT2D eigenvalue weighted by Gasteiger charge is 2.27. The first-order valence-corrected chi connectivity index (χ1v) is 11.9. The minimum atomic E-state index is -0.626. The molecule has 3 aromatic heterocycles. The van der Waals surface area contributed by atoms with E-state index >= 15 is 0 Å². The lowest BCUT2D eigenvalue weighted by atomic mass is 10.0. The van der Waals surface area contributed by atoms with Crippen LogP contribution in [-0.4, -0.2) is 42.2 Å². The molecule has 1 unspecified atom stereocenters. The third kappa shape index (κ3) is 4.64. The van der Waals surface area contributed by atoms with Gasteiger partial charge >= 0.3 is 0 Å². The number of ether oxygens (including phenoxy) is 2. The third-order valence-corrected chi connectivity index (χ3v) is 6.27. The van der Waals surface area contributed by atoms with Crippen LogP contribution in [0.4, 0.5) is 5.82 Å². The fraction of sp³-hybridized carbons (Fsp3) is 0.261. The topological polar surface area (TPSA) is 146 Å². The average Bonchev–Trinajstić information content (AvgIpc) is 3.61. The number of imidazole rings is 1. The number of H-pyrrole nitrogens is 1. The maximum absolute atomic E-state index is 12.0. The summed E-state index contributed by atoms with van der Waals surface area (Å²) in [6.07, 6.45) is 4.10. The molecule has 12 heteroatoms. The Morgan fingerprint density at radius 3 is 2.94 bits per heavy atom. The van der Waals surface area contributed by atoms with Crippen LogP contribution in [0, 0.1) is 5.92 Å². The van der Waals surface area contributed by atoms with Gasteiger partial charge in [0.2, 0.25) is 11.0 Å².